The van der Waals surface area contributed by atoms with Gasteiger partial charge in [-0.2, -0.15) is 0 Å². The Labute approximate surface area is 186 Å². The maximum atomic E-state index is 13.0. The van der Waals surface area contributed by atoms with Crippen LogP contribution in [0.4, 0.5) is 11.4 Å². The molecule has 3 rings (SSSR count). The Morgan fingerprint density at radius 1 is 0.667 bits per heavy atom. The summed E-state index contributed by atoms with van der Waals surface area (Å²) in [6, 6.07) is 12.0. The van der Waals surface area contributed by atoms with E-state index in [-0.39, 0.29) is 11.8 Å². The van der Waals surface area contributed by atoms with E-state index < -0.39 is 10.8 Å². The molecule has 0 saturated carbocycles. The lowest BCUT2D eigenvalue weighted by Crippen LogP contribution is -2.31. The van der Waals surface area contributed by atoms with E-state index in [9.17, 15) is 9.59 Å². The van der Waals surface area contributed by atoms with Crippen molar-refractivity contribution < 1.29 is 9.59 Å². The number of carbonyl (C=O) groups is 2. The fraction of sp³-hybridized carbons (Fsp3) is 0.333. The van der Waals surface area contributed by atoms with Crippen LogP contribution in [0, 0.1) is 10.8 Å². The summed E-state index contributed by atoms with van der Waals surface area (Å²) >= 11 is 3.20. The molecule has 0 spiro atoms. The SMILES string of the molecule is CC(C)(C)C(=O)Nc1c(-c2cccs2)ccc(-c2cccs2)c1NC(=O)C(C)(C)C. The Hall–Kier alpha value is -2.44. The molecule has 2 aromatic heterocycles. The normalized spacial score (nSPS) is 11.9. The van der Waals surface area contributed by atoms with Crippen molar-refractivity contribution in [3.05, 3.63) is 47.2 Å². The molecule has 158 valence electrons. The average Bonchev–Trinajstić information content (AvgIpc) is 3.35. The van der Waals surface area contributed by atoms with Gasteiger partial charge in [-0.15, -0.1) is 22.7 Å². The number of rotatable bonds is 4. The van der Waals surface area contributed by atoms with Gasteiger partial charge >= 0.3 is 0 Å². The van der Waals surface area contributed by atoms with Crippen LogP contribution in [-0.2, 0) is 9.59 Å². The molecule has 3 aromatic rings. The third-order valence-electron chi connectivity index (χ3n) is 4.62. The Morgan fingerprint density at radius 3 is 1.30 bits per heavy atom. The smallest absolute Gasteiger partial charge is 0.229 e. The van der Waals surface area contributed by atoms with E-state index in [1.54, 1.807) is 22.7 Å². The van der Waals surface area contributed by atoms with Gasteiger partial charge in [0.1, 0.15) is 0 Å². The molecule has 0 bridgehead atoms. The number of thiophene rings is 2. The minimum atomic E-state index is -0.572. The van der Waals surface area contributed by atoms with Crippen molar-refractivity contribution in [2.75, 3.05) is 10.6 Å². The molecule has 0 aliphatic rings. The Bertz CT molecular complexity index is 953. The molecule has 0 atom stereocenters. The third kappa shape index (κ3) is 4.82. The first-order chi connectivity index (χ1) is 14.0. The molecule has 0 fully saturated rings. The van der Waals surface area contributed by atoms with Crippen molar-refractivity contribution in [1.82, 2.24) is 0 Å². The van der Waals surface area contributed by atoms with E-state index in [1.165, 1.54) is 0 Å². The van der Waals surface area contributed by atoms with Gasteiger partial charge in [-0.1, -0.05) is 65.8 Å². The third-order valence-corrected chi connectivity index (χ3v) is 6.42. The summed E-state index contributed by atoms with van der Waals surface area (Å²) in [7, 11) is 0. The van der Waals surface area contributed by atoms with Crippen molar-refractivity contribution in [2.24, 2.45) is 10.8 Å². The van der Waals surface area contributed by atoms with Crippen molar-refractivity contribution >= 4 is 45.9 Å². The van der Waals surface area contributed by atoms with Gasteiger partial charge in [-0.3, -0.25) is 9.59 Å². The number of anilines is 2. The van der Waals surface area contributed by atoms with E-state index in [2.05, 4.69) is 10.6 Å². The number of nitrogens with one attached hydrogen (secondary N) is 2. The number of benzene rings is 1. The fourth-order valence-corrected chi connectivity index (χ4v) is 4.25. The second-order valence-corrected chi connectivity index (χ2v) is 11.2. The van der Waals surface area contributed by atoms with Crippen LogP contribution >= 0.6 is 22.7 Å². The van der Waals surface area contributed by atoms with Crippen molar-refractivity contribution in [3.63, 3.8) is 0 Å². The van der Waals surface area contributed by atoms with E-state index in [0.29, 0.717) is 11.4 Å². The van der Waals surface area contributed by atoms with Gasteiger partial charge in [0.2, 0.25) is 11.8 Å². The minimum Gasteiger partial charge on any atom is -0.323 e. The first-order valence-corrected chi connectivity index (χ1v) is 11.6. The monoisotopic (exact) mass is 440 g/mol. The average molecular weight is 441 g/mol. The van der Waals surface area contributed by atoms with E-state index in [0.717, 1.165) is 20.9 Å². The maximum absolute atomic E-state index is 13.0. The number of hydrogen-bond acceptors (Lipinski definition) is 4. The summed E-state index contributed by atoms with van der Waals surface area (Å²) < 4.78 is 0. The first-order valence-electron chi connectivity index (χ1n) is 9.86. The molecule has 6 heteroatoms. The topological polar surface area (TPSA) is 58.2 Å². The Morgan fingerprint density at radius 2 is 1.03 bits per heavy atom. The lowest BCUT2D eigenvalue weighted by Gasteiger charge is -2.25. The molecule has 30 heavy (non-hydrogen) atoms. The second kappa shape index (κ2) is 8.36. The molecule has 4 nitrogen and oxygen atoms in total. The van der Waals surface area contributed by atoms with Gasteiger partial charge in [0.15, 0.2) is 0 Å². The van der Waals surface area contributed by atoms with Crippen molar-refractivity contribution in [2.45, 2.75) is 41.5 Å². The Kier molecular flexibility index (Phi) is 6.20. The number of carbonyl (C=O) groups excluding carboxylic acids is 2. The Balaban J connectivity index is 2.25. The van der Waals surface area contributed by atoms with Crippen LogP contribution in [0.5, 0.6) is 0 Å². The molecule has 2 heterocycles. The van der Waals surface area contributed by atoms with Crippen LogP contribution in [0.2, 0.25) is 0 Å². The first kappa shape index (κ1) is 22.2. The number of amides is 2. The van der Waals surface area contributed by atoms with Crippen LogP contribution in [0.25, 0.3) is 20.9 Å². The van der Waals surface area contributed by atoms with Crippen LogP contribution in [0.3, 0.4) is 0 Å². The maximum Gasteiger partial charge on any atom is 0.229 e. The van der Waals surface area contributed by atoms with Crippen molar-refractivity contribution in [3.8, 4) is 20.9 Å². The zero-order chi connectivity index (χ0) is 22.1. The van der Waals surface area contributed by atoms with Gasteiger partial charge < -0.3 is 10.6 Å². The van der Waals surface area contributed by atoms with Gasteiger partial charge in [-0.25, -0.2) is 0 Å². The van der Waals surface area contributed by atoms with Gasteiger partial charge in [0, 0.05) is 31.7 Å². The van der Waals surface area contributed by atoms with Crippen LogP contribution in [0.15, 0.2) is 47.2 Å². The van der Waals surface area contributed by atoms with Gasteiger partial charge in [0.25, 0.3) is 0 Å². The van der Waals surface area contributed by atoms with E-state index >= 15 is 0 Å². The molecule has 0 radical (unpaired) electrons. The minimum absolute atomic E-state index is 0.102. The zero-order valence-corrected chi connectivity index (χ0v) is 19.9. The fourth-order valence-electron chi connectivity index (χ4n) is 2.74. The van der Waals surface area contributed by atoms with Crippen LogP contribution < -0.4 is 10.6 Å². The molecule has 0 saturated heterocycles. The highest BCUT2D eigenvalue weighted by molar-refractivity contribution is 7.14. The molecule has 0 aliphatic carbocycles. The lowest BCUT2D eigenvalue weighted by atomic mass is 9.93. The predicted molar refractivity (Wildman–Crippen MR) is 129 cm³/mol. The van der Waals surface area contributed by atoms with Crippen LogP contribution in [0.1, 0.15) is 41.5 Å². The van der Waals surface area contributed by atoms with Gasteiger partial charge in [0.05, 0.1) is 11.4 Å². The molecule has 1 aromatic carbocycles. The summed E-state index contributed by atoms with van der Waals surface area (Å²) in [6.45, 7) is 11.3. The molecular formula is C24H28N2O2S2. The lowest BCUT2D eigenvalue weighted by molar-refractivity contribution is -0.124. The highest BCUT2D eigenvalue weighted by Gasteiger charge is 2.28. The molecule has 0 aliphatic heterocycles. The number of hydrogen-bond donors (Lipinski definition) is 2. The second-order valence-electron chi connectivity index (χ2n) is 9.27. The zero-order valence-electron chi connectivity index (χ0n) is 18.3. The summed E-state index contributed by atoms with van der Waals surface area (Å²) in [5, 5.41) is 10.3. The summed E-state index contributed by atoms with van der Waals surface area (Å²) in [6.07, 6.45) is 0. The quantitative estimate of drug-likeness (QED) is 0.454. The standard InChI is InChI=1S/C24H28N2O2S2/c1-23(2,3)21(27)25-19-15(17-9-7-13-29-17)11-12-16(18-10-8-14-30-18)20(19)26-22(28)24(4,5)6/h7-14H,1-6H3,(H,25,27)(H,26,28). The highest BCUT2D eigenvalue weighted by Crippen LogP contribution is 2.44. The summed E-state index contributed by atoms with van der Waals surface area (Å²) in [5.41, 5.74) is 1.93. The highest BCUT2D eigenvalue weighted by atomic mass is 32.1. The summed E-state index contributed by atoms with van der Waals surface area (Å²) in [5.74, 6) is -0.204. The van der Waals surface area contributed by atoms with Gasteiger partial charge in [-0.05, 0) is 22.9 Å². The molecule has 0 unspecified atom stereocenters. The van der Waals surface area contributed by atoms with E-state index in [4.69, 9.17) is 0 Å². The molecule has 2 N–H and O–H groups in total. The summed E-state index contributed by atoms with van der Waals surface area (Å²) in [4.78, 5) is 28.0. The van der Waals surface area contributed by atoms with E-state index in [1.807, 2.05) is 88.7 Å². The molecule has 2 amide bonds. The van der Waals surface area contributed by atoms with Crippen molar-refractivity contribution in [1.29, 1.82) is 0 Å². The largest absolute Gasteiger partial charge is 0.323 e. The predicted octanol–water partition coefficient (Wildman–Crippen LogP) is 7.11. The van der Waals surface area contributed by atoms with Crippen LogP contribution in [-0.4, -0.2) is 11.8 Å². The molecular weight excluding hydrogens is 412 g/mol.